The fourth-order valence-corrected chi connectivity index (χ4v) is 4.15. The summed E-state index contributed by atoms with van der Waals surface area (Å²) in [6.45, 7) is 1.11. The maximum Gasteiger partial charge on any atom is 0.326 e. The first-order chi connectivity index (χ1) is 11.5. The van der Waals surface area contributed by atoms with E-state index in [1.54, 1.807) is 6.07 Å². The van der Waals surface area contributed by atoms with Crippen molar-refractivity contribution in [3.8, 4) is 0 Å². The van der Waals surface area contributed by atoms with Crippen LogP contribution in [0.3, 0.4) is 0 Å². The van der Waals surface area contributed by atoms with Crippen LogP contribution in [-0.4, -0.2) is 41.6 Å². The standard InChI is InChI=1S/C17H19NO5S/c1-10-6-7-14(24-10)13(19)9-23-15(20)8-18-16(21)11-4-2-3-5-12(11)17(18)22/h6-7,11-12H,2-5,8-9H2,1H3/t11-,12+. The van der Waals surface area contributed by atoms with Gasteiger partial charge < -0.3 is 4.74 Å². The van der Waals surface area contributed by atoms with Gasteiger partial charge in [-0.1, -0.05) is 12.8 Å². The lowest BCUT2D eigenvalue weighted by atomic mass is 9.81. The fraction of sp³-hybridized carbons (Fsp3) is 0.529. The summed E-state index contributed by atoms with van der Waals surface area (Å²) >= 11 is 1.34. The second kappa shape index (κ2) is 6.84. The Labute approximate surface area is 143 Å². The Bertz CT molecular complexity index is 671. The van der Waals surface area contributed by atoms with Crippen molar-refractivity contribution in [3.05, 3.63) is 21.9 Å². The van der Waals surface area contributed by atoms with Gasteiger partial charge in [0.1, 0.15) is 6.54 Å². The molecular weight excluding hydrogens is 330 g/mol. The molecule has 0 N–H and O–H groups in total. The number of carbonyl (C=O) groups excluding carboxylic acids is 4. The first-order valence-corrected chi connectivity index (χ1v) is 8.89. The Balaban J connectivity index is 1.54. The van der Waals surface area contributed by atoms with Gasteiger partial charge in [-0.25, -0.2) is 0 Å². The van der Waals surface area contributed by atoms with Gasteiger partial charge in [0.05, 0.1) is 16.7 Å². The molecule has 0 aromatic carbocycles. The van der Waals surface area contributed by atoms with Gasteiger partial charge in [-0.15, -0.1) is 11.3 Å². The minimum atomic E-state index is -0.725. The Hall–Kier alpha value is -2.02. The summed E-state index contributed by atoms with van der Waals surface area (Å²) < 4.78 is 4.95. The molecule has 0 unspecified atom stereocenters. The Morgan fingerprint density at radius 3 is 2.33 bits per heavy atom. The summed E-state index contributed by atoms with van der Waals surface area (Å²) in [5.41, 5.74) is 0. The molecule has 2 amide bonds. The number of imide groups is 1. The van der Waals surface area contributed by atoms with Crippen LogP contribution in [-0.2, 0) is 19.1 Å². The van der Waals surface area contributed by atoms with Crippen LogP contribution in [0.25, 0.3) is 0 Å². The summed E-state index contributed by atoms with van der Waals surface area (Å²) in [5.74, 6) is -2.13. The number of thiophene rings is 1. The highest BCUT2D eigenvalue weighted by atomic mass is 32.1. The summed E-state index contributed by atoms with van der Waals surface area (Å²) in [4.78, 5) is 50.9. The number of ether oxygens (including phenoxy) is 1. The summed E-state index contributed by atoms with van der Waals surface area (Å²) in [6, 6.07) is 3.51. The second-order valence-corrected chi connectivity index (χ2v) is 7.54. The number of amides is 2. The van der Waals surface area contributed by atoms with Gasteiger partial charge in [0.15, 0.2) is 6.61 Å². The van der Waals surface area contributed by atoms with Crippen LogP contribution in [0.15, 0.2) is 12.1 Å². The molecule has 2 atom stereocenters. The average molecular weight is 349 g/mol. The van der Waals surface area contributed by atoms with E-state index in [1.165, 1.54) is 11.3 Å². The largest absolute Gasteiger partial charge is 0.456 e. The lowest BCUT2D eigenvalue weighted by Gasteiger charge is -2.19. The number of nitrogens with zero attached hydrogens (tertiary/aromatic N) is 1. The van der Waals surface area contributed by atoms with Gasteiger partial charge in [-0.2, -0.15) is 0 Å². The highest BCUT2D eigenvalue weighted by molar-refractivity contribution is 7.14. The lowest BCUT2D eigenvalue weighted by molar-refractivity contribution is -0.152. The van der Waals surface area contributed by atoms with Gasteiger partial charge in [-0.3, -0.25) is 24.1 Å². The van der Waals surface area contributed by atoms with Crippen LogP contribution in [0.5, 0.6) is 0 Å². The molecule has 1 saturated carbocycles. The SMILES string of the molecule is Cc1ccc(C(=O)COC(=O)CN2C(=O)[C@H]3CCCC[C@H]3C2=O)s1. The summed E-state index contributed by atoms with van der Waals surface area (Å²) in [7, 11) is 0. The molecule has 0 bridgehead atoms. The van der Waals surface area contributed by atoms with Gasteiger partial charge in [-0.05, 0) is 31.9 Å². The monoisotopic (exact) mass is 349 g/mol. The highest BCUT2D eigenvalue weighted by Gasteiger charge is 2.48. The van der Waals surface area contributed by atoms with Gasteiger partial charge in [0.25, 0.3) is 0 Å². The lowest BCUT2D eigenvalue weighted by Crippen LogP contribution is -2.37. The second-order valence-electron chi connectivity index (χ2n) is 6.25. The molecule has 1 aliphatic carbocycles. The van der Waals surface area contributed by atoms with Crippen molar-refractivity contribution < 1.29 is 23.9 Å². The minimum Gasteiger partial charge on any atom is -0.456 e. The average Bonchev–Trinajstić information content (AvgIpc) is 3.11. The third-order valence-electron chi connectivity index (χ3n) is 4.60. The Morgan fingerprint density at radius 1 is 1.17 bits per heavy atom. The topological polar surface area (TPSA) is 80.8 Å². The molecule has 1 aromatic rings. The van der Waals surface area contributed by atoms with Crippen molar-refractivity contribution in [1.29, 1.82) is 0 Å². The molecule has 0 radical (unpaired) electrons. The van der Waals surface area contributed by atoms with E-state index in [9.17, 15) is 19.2 Å². The van der Waals surface area contributed by atoms with E-state index in [0.717, 1.165) is 22.6 Å². The molecule has 2 heterocycles. The minimum absolute atomic E-state index is 0.276. The smallest absolute Gasteiger partial charge is 0.326 e. The Morgan fingerprint density at radius 2 is 1.79 bits per heavy atom. The number of hydrogen-bond donors (Lipinski definition) is 0. The van der Waals surface area contributed by atoms with E-state index in [4.69, 9.17) is 4.74 Å². The summed E-state index contributed by atoms with van der Waals surface area (Å²) in [5, 5.41) is 0. The number of fused-ring (bicyclic) bond motifs is 1. The van der Waals surface area contributed by atoms with Gasteiger partial charge in [0.2, 0.25) is 17.6 Å². The Kier molecular flexibility index (Phi) is 4.80. The van der Waals surface area contributed by atoms with E-state index in [1.807, 2.05) is 13.0 Å². The first kappa shape index (κ1) is 16.8. The number of likely N-dealkylation sites (tertiary alicyclic amines) is 1. The van der Waals surface area contributed by atoms with Crippen LogP contribution >= 0.6 is 11.3 Å². The van der Waals surface area contributed by atoms with Crippen LogP contribution in [0.2, 0.25) is 0 Å². The zero-order valence-electron chi connectivity index (χ0n) is 13.4. The van der Waals surface area contributed by atoms with E-state index < -0.39 is 12.5 Å². The molecule has 1 saturated heterocycles. The molecule has 6 nitrogen and oxygen atoms in total. The molecule has 1 aliphatic heterocycles. The molecule has 128 valence electrons. The molecule has 2 fully saturated rings. The van der Waals surface area contributed by atoms with Crippen molar-refractivity contribution in [1.82, 2.24) is 4.90 Å². The predicted octanol–water partition coefficient (Wildman–Crippen LogP) is 1.96. The third-order valence-corrected chi connectivity index (χ3v) is 5.64. The van der Waals surface area contributed by atoms with Crippen LogP contribution in [0.1, 0.15) is 40.2 Å². The highest BCUT2D eigenvalue weighted by Crippen LogP contribution is 2.37. The van der Waals surface area contributed by atoms with Crippen molar-refractivity contribution in [2.24, 2.45) is 11.8 Å². The number of hydrogen-bond acceptors (Lipinski definition) is 6. The van der Waals surface area contributed by atoms with E-state index in [0.29, 0.717) is 17.7 Å². The zero-order valence-corrected chi connectivity index (χ0v) is 14.3. The van der Waals surface area contributed by atoms with Crippen LogP contribution in [0, 0.1) is 18.8 Å². The zero-order chi connectivity index (χ0) is 17.3. The normalized spacial score (nSPS) is 23.3. The number of esters is 1. The molecular formula is C17H19NO5S. The van der Waals surface area contributed by atoms with Crippen LogP contribution in [0.4, 0.5) is 0 Å². The number of carbonyl (C=O) groups is 4. The number of rotatable bonds is 5. The molecule has 1 aromatic heterocycles. The maximum absolute atomic E-state index is 12.3. The first-order valence-electron chi connectivity index (χ1n) is 8.08. The number of ketones is 1. The van der Waals surface area contributed by atoms with E-state index in [2.05, 4.69) is 0 Å². The number of Topliss-reactive ketones (excluding diaryl/α,β-unsaturated/α-hetero) is 1. The quantitative estimate of drug-likeness (QED) is 0.461. The molecule has 3 rings (SSSR count). The van der Waals surface area contributed by atoms with Crippen molar-refractivity contribution in [2.45, 2.75) is 32.6 Å². The molecule has 24 heavy (non-hydrogen) atoms. The van der Waals surface area contributed by atoms with Crippen molar-refractivity contribution in [3.63, 3.8) is 0 Å². The van der Waals surface area contributed by atoms with Crippen molar-refractivity contribution >= 4 is 34.9 Å². The molecule has 7 heteroatoms. The maximum atomic E-state index is 12.3. The van der Waals surface area contributed by atoms with E-state index >= 15 is 0 Å². The fourth-order valence-electron chi connectivity index (χ4n) is 3.36. The van der Waals surface area contributed by atoms with Gasteiger partial charge in [0, 0.05) is 4.88 Å². The van der Waals surface area contributed by atoms with Crippen LogP contribution < -0.4 is 0 Å². The van der Waals surface area contributed by atoms with E-state index in [-0.39, 0.29) is 36.0 Å². The van der Waals surface area contributed by atoms with Crippen molar-refractivity contribution in [2.75, 3.05) is 13.2 Å². The number of aryl methyl sites for hydroxylation is 1. The summed E-state index contributed by atoms with van der Waals surface area (Å²) in [6.07, 6.45) is 3.29. The molecule has 0 spiro atoms. The third kappa shape index (κ3) is 3.26. The predicted molar refractivity (Wildman–Crippen MR) is 86.5 cm³/mol. The van der Waals surface area contributed by atoms with Gasteiger partial charge >= 0.3 is 5.97 Å². The molecule has 2 aliphatic rings.